The second-order valence-corrected chi connectivity index (χ2v) is 4.61. The van der Waals surface area contributed by atoms with Crippen LogP contribution in [-0.2, 0) is 0 Å². The molecule has 0 bridgehead atoms. The number of halogens is 1. The summed E-state index contributed by atoms with van der Waals surface area (Å²) in [6, 6.07) is 11.1. The van der Waals surface area contributed by atoms with E-state index >= 15 is 0 Å². The molecular weight excluding hydrogens is 246 g/mol. The Morgan fingerprint density at radius 3 is 2.28 bits per heavy atom. The molecule has 2 N–H and O–H groups in total. The van der Waals surface area contributed by atoms with Gasteiger partial charge in [0.1, 0.15) is 0 Å². The summed E-state index contributed by atoms with van der Waals surface area (Å²) in [5.74, 6) is 0. The highest BCUT2D eigenvalue weighted by atomic mass is 35.5. The van der Waals surface area contributed by atoms with E-state index in [4.69, 9.17) is 17.3 Å². The van der Waals surface area contributed by atoms with E-state index in [1.165, 1.54) is 0 Å². The molecule has 0 spiro atoms. The molecule has 2 rings (SSSR count). The maximum Gasteiger partial charge on any atom is 0.0890 e. The number of hydrogen-bond acceptors (Lipinski definition) is 3. The average molecular weight is 260 g/mol. The van der Waals surface area contributed by atoms with Crippen LogP contribution in [0.2, 0.25) is 5.02 Å². The van der Waals surface area contributed by atoms with E-state index in [0.29, 0.717) is 5.02 Å². The van der Waals surface area contributed by atoms with Crippen LogP contribution >= 0.6 is 11.6 Å². The van der Waals surface area contributed by atoms with E-state index < -0.39 is 0 Å². The number of benzene rings is 2. The monoisotopic (exact) mass is 259 g/mol. The van der Waals surface area contributed by atoms with Crippen molar-refractivity contribution >= 4 is 28.7 Å². The molecule has 92 valence electrons. The average Bonchev–Trinajstić information content (AvgIpc) is 2.34. The first-order valence-electron chi connectivity index (χ1n) is 5.60. The van der Waals surface area contributed by atoms with Gasteiger partial charge in [0.15, 0.2) is 0 Å². The lowest BCUT2D eigenvalue weighted by Crippen LogP contribution is -1.89. The third-order valence-electron chi connectivity index (χ3n) is 2.68. The van der Waals surface area contributed by atoms with Crippen molar-refractivity contribution in [3.05, 3.63) is 52.5 Å². The number of azo groups is 1. The number of nitrogen functional groups attached to an aromatic ring is 1. The normalized spacial score (nSPS) is 11.1. The van der Waals surface area contributed by atoms with Gasteiger partial charge in [-0.2, -0.15) is 10.2 Å². The molecule has 0 radical (unpaired) electrons. The summed E-state index contributed by atoms with van der Waals surface area (Å²) in [6.07, 6.45) is 0. The van der Waals surface area contributed by atoms with Crippen LogP contribution in [0.5, 0.6) is 0 Å². The first kappa shape index (κ1) is 12.6. The van der Waals surface area contributed by atoms with Gasteiger partial charge in [0.05, 0.1) is 11.4 Å². The molecule has 0 atom stereocenters. The standard InChI is InChI=1S/C14H14ClN3/c1-9-8-14(10(2)7-13(9)16)18-17-12-5-3-11(15)4-6-12/h3-8H,16H2,1-2H3/b18-17+. The summed E-state index contributed by atoms with van der Waals surface area (Å²) < 4.78 is 0. The van der Waals surface area contributed by atoms with Gasteiger partial charge in [0.25, 0.3) is 0 Å². The minimum absolute atomic E-state index is 0.688. The molecule has 0 unspecified atom stereocenters. The number of anilines is 1. The summed E-state index contributed by atoms with van der Waals surface area (Å²) >= 11 is 5.81. The quantitative estimate of drug-likeness (QED) is 0.602. The van der Waals surface area contributed by atoms with Crippen LogP contribution in [0.15, 0.2) is 46.6 Å². The summed E-state index contributed by atoms with van der Waals surface area (Å²) in [5.41, 5.74) is 10.2. The molecule has 2 aromatic rings. The smallest absolute Gasteiger partial charge is 0.0890 e. The Morgan fingerprint density at radius 1 is 0.944 bits per heavy atom. The van der Waals surface area contributed by atoms with Crippen molar-refractivity contribution in [1.82, 2.24) is 0 Å². The lowest BCUT2D eigenvalue weighted by Gasteiger charge is -2.04. The number of hydrogen-bond donors (Lipinski definition) is 1. The van der Waals surface area contributed by atoms with Gasteiger partial charge in [-0.15, -0.1) is 0 Å². The van der Waals surface area contributed by atoms with Crippen molar-refractivity contribution in [2.75, 3.05) is 5.73 Å². The number of nitrogens with zero attached hydrogens (tertiary/aromatic N) is 2. The number of nitrogens with two attached hydrogens (primary N) is 1. The van der Waals surface area contributed by atoms with Crippen LogP contribution in [0, 0.1) is 13.8 Å². The second-order valence-electron chi connectivity index (χ2n) is 4.17. The summed E-state index contributed by atoms with van der Waals surface area (Å²) in [5, 5.41) is 9.10. The second kappa shape index (κ2) is 5.19. The summed E-state index contributed by atoms with van der Waals surface area (Å²) in [7, 11) is 0. The highest BCUT2D eigenvalue weighted by Crippen LogP contribution is 2.26. The molecule has 2 aromatic carbocycles. The molecule has 0 amide bonds. The lowest BCUT2D eigenvalue weighted by molar-refractivity contribution is 1.20. The van der Waals surface area contributed by atoms with Crippen LogP contribution in [0.4, 0.5) is 17.1 Å². The molecular formula is C14H14ClN3. The predicted octanol–water partition coefficient (Wildman–Crippen LogP) is 4.95. The Morgan fingerprint density at radius 2 is 1.61 bits per heavy atom. The summed E-state index contributed by atoms with van der Waals surface area (Å²) in [6.45, 7) is 3.92. The highest BCUT2D eigenvalue weighted by Gasteiger charge is 2.01. The largest absolute Gasteiger partial charge is 0.399 e. The van der Waals surface area contributed by atoms with Gasteiger partial charge in [-0.05, 0) is 61.4 Å². The number of rotatable bonds is 2. The maximum absolute atomic E-state index is 5.83. The van der Waals surface area contributed by atoms with Gasteiger partial charge >= 0.3 is 0 Å². The van der Waals surface area contributed by atoms with Gasteiger partial charge in [0, 0.05) is 10.7 Å². The van der Waals surface area contributed by atoms with Crippen LogP contribution in [0.25, 0.3) is 0 Å². The molecule has 18 heavy (non-hydrogen) atoms. The first-order chi connectivity index (χ1) is 8.56. The molecule has 0 fully saturated rings. The molecule has 0 aromatic heterocycles. The van der Waals surface area contributed by atoms with E-state index in [9.17, 15) is 0 Å². The Labute approximate surface area is 111 Å². The minimum atomic E-state index is 0.688. The third kappa shape index (κ3) is 2.87. The van der Waals surface area contributed by atoms with Crippen LogP contribution < -0.4 is 5.73 Å². The van der Waals surface area contributed by atoms with Gasteiger partial charge in [-0.25, -0.2) is 0 Å². The fourth-order valence-corrected chi connectivity index (χ4v) is 1.68. The van der Waals surface area contributed by atoms with Crippen molar-refractivity contribution in [3.63, 3.8) is 0 Å². The van der Waals surface area contributed by atoms with Crippen molar-refractivity contribution in [3.8, 4) is 0 Å². The topological polar surface area (TPSA) is 50.7 Å². The van der Waals surface area contributed by atoms with Crippen molar-refractivity contribution in [2.45, 2.75) is 13.8 Å². The molecule has 0 aliphatic rings. The molecule has 3 nitrogen and oxygen atoms in total. The zero-order valence-corrected chi connectivity index (χ0v) is 11.1. The van der Waals surface area contributed by atoms with Gasteiger partial charge < -0.3 is 5.73 Å². The zero-order chi connectivity index (χ0) is 13.1. The van der Waals surface area contributed by atoms with Crippen LogP contribution in [0.1, 0.15) is 11.1 Å². The lowest BCUT2D eigenvalue weighted by atomic mass is 10.1. The molecule has 0 saturated carbocycles. The Kier molecular flexibility index (Phi) is 3.63. The van der Waals surface area contributed by atoms with E-state index in [0.717, 1.165) is 28.2 Å². The van der Waals surface area contributed by atoms with Gasteiger partial charge in [-0.3, -0.25) is 0 Å². The molecule has 0 aliphatic heterocycles. The Bertz CT molecular complexity index is 589. The number of aryl methyl sites for hydroxylation is 2. The fraction of sp³-hybridized carbons (Fsp3) is 0.143. The first-order valence-corrected chi connectivity index (χ1v) is 5.98. The van der Waals surface area contributed by atoms with E-state index in [-0.39, 0.29) is 0 Å². The van der Waals surface area contributed by atoms with E-state index in [1.807, 2.05) is 38.1 Å². The summed E-state index contributed by atoms with van der Waals surface area (Å²) in [4.78, 5) is 0. The Balaban J connectivity index is 2.28. The third-order valence-corrected chi connectivity index (χ3v) is 2.94. The molecule has 0 saturated heterocycles. The van der Waals surface area contributed by atoms with Crippen molar-refractivity contribution in [1.29, 1.82) is 0 Å². The molecule has 4 heteroatoms. The molecule has 0 heterocycles. The fourth-order valence-electron chi connectivity index (χ4n) is 1.55. The SMILES string of the molecule is Cc1cc(/N=N/c2ccc(Cl)cc2)c(C)cc1N. The predicted molar refractivity (Wildman–Crippen MR) is 76.0 cm³/mol. The van der Waals surface area contributed by atoms with Gasteiger partial charge in [-0.1, -0.05) is 11.6 Å². The zero-order valence-electron chi connectivity index (χ0n) is 10.3. The van der Waals surface area contributed by atoms with Crippen molar-refractivity contribution in [2.24, 2.45) is 10.2 Å². The minimum Gasteiger partial charge on any atom is -0.399 e. The van der Waals surface area contributed by atoms with Crippen LogP contribution in [0.3, 0.4) is 0 Å². The van der Waals surface area contributed by atoms with Crippen LogP contribution in [-0.4, -0.2) is 0 Å². The van der Waals surface area contributed by atoms with E-state index in [1.54, 1.807) is 12.1 Å². The highest BCUT2D eigenvalue weighted by molar-refractivity contribution is 6.30. The molecule has 0 aliphatic carbocycles. The maximum atomic E-state index is 5.83. The van der Waals surface area contributed by atoms with Crippen molar-refractivity contribution < 1.29 is 0 Å². The van der Waals surface area contributed by atoms with Gasteiger partial charge in [0.2, 0.25) is 0 Å². The Hall–Kier alpha value is -1.87. The van der Waals surface area contributed by atoms with E-state index in [2.05, 4.69) is 10.2 Å².